The van der Waals surface area contributed by atoms with E-state index in [9.17, 15) is 9.90 Å². The van der Waals surface area contributed by atoms with Crippen LogP contribution in [0.1, 0.15) is 27.0 Å². The Labute approximate surface area is 300 Å². The minimum absolute atomic E-state index is 0.164. The first-order valence-electron chi connectivity index (χ1n) is 17.3. The zero-order valence-corrected chi connectivity index (χ0v) is 28.2. The highest BCUT2D eigenvalue weighted by Gasteiger charge is 2.39. The molecule has 8 aromatic rings. The molecule has 0 atom stereocenters. The second-order valence-electron chi connectivity index (χ2n) is 12.9. The third kappa shape index (κ3) is 5.21. The number of nitrogens with zero attached hydrogens (tertiary/aromatic N) is 6. The van der Waals surface area contributed by atoms with Gasteiger partial charge in [0.05, 0.1) is 47.4 Å². The van der Waals surface area contributed by atoms with Gasteiger partial charge in [-0.3, -0.25) is 9.25 Å². The molecule has 0 bridgehead atoms. The van der Waals surface area contributed by atoms with Crippen LogP contribution in [0.4, 0.5) is 5.69 Å². The molecule has 0 amide bonds. The standard InChI is InChI=1S/C43H34N6O3/c50-42(51)36-24-34(47-20-22-52-23-21-47)25-40-41(36)44-29-48(40)39-26-38(46-37-19-11-10-18-35(37)39)30-27-45-49(28-30)43(31-12-4-1-5-13-31,32-14-6-2-7-15-32)33-16-8-3-9-17-33/h1-19,24-29H,20-23H2,(H,50,51). The van der Waals surface area contributed by atoms with Crippen LogP contribution in [0.2, 0.25) is 0 Å². The van der Waals surface area contributed by atoms with Crippen molar-refractivity contribution in [1.29, 1.82) is 0 Å². The first-order valence-corrected chi connectivity index (χ1v) is 17.3. The summed E-state index contributed by atoms with van der Waals surface area (Å²) in [5, 5.41) is 16.3. The Kier molecular flexibility index (Phi) is 7.82. The van der Waals surface area contributed by atoms with Crippen LogP contribution in [0.5, 0.6) is 0 Å². The van der Waals surface area contributed by atoms with Gasteiger partial charge in [-0.15, -0.1) is 0 Å². The minimum Gasteiger partial charge on any atom is -0.478 e. The van der Waals surface area contributed by atoms with Crippen LogP contribution in [0, 0.1) is 0 Å². The number of imidazole rings is 1. The third-order valence-corrected chi connectivity index (χ3v) is 9.99. The molecule has 0 radical (unpaired) electrons. The van der Waals surface area contributed by atoms with E-state index in [1.165, 1.54) is 0 Å². The number of pyridine rings is 1. The summed E-state index contributed by atoms with van der Waals surface area (Å²) in [6.45, 7) is 2.54. The molecule has 9 rings (SSSR count). The molecule has 1 fully saturated rings. The second-order valence-corrected chi connectivity index (χ2v) is 12.9. The van der Waals surface area contributed by atoms with Gasteiger partial charge in [0, 0.05) is 35.9 Å². The summed E-state index contributed by atoms with van der Waals surface area (Å²) >= 11 is 0. The van der Waals surface area contributed by atoms with E-state index in [2.05, 4.69) is 88.9 Å². The van der Waals surface area contributed by atoms with Gasteiger partial charge in [-0.05, 0) is 41.0 Å². The topological polar surface area (TPSA) is 98.3 Å². The molecule has 1 saturated heterocycles. The third-order valence-electron chi connectivity index (χ3n) is 9.99. The van der Waals surface area contributed by atoms with Crippen molar-refractivity contribution in [2.45, 2.75) is 5.54 Å². The average molecular weight is 683 g/mol. The van der Waals surface area contributed by atoms with Crippen molar-refractivity contribution in [2.75, 3.05) is 31.2 Å². The lowest BCUT2D eigenvalue weighted by atomic mass is 9.77. The monoisotopic (exact) mass is 682 g/mol. The van der Waals surface area contributed by atoms with Crippen molar-refractivity contribution in [2.24, 2.45) is 0 Å². The van der Waals surface area contributed by atoms with E-state index in [0.29, 0.717) is 37.3 Å². The second kappa shape index (κ2) is 12.9. The smallest absolute Gasteiger partial charge is 0.338 e. The molecule has 9 nitrogen and oxygen atoms in total. The quantitative estimate of drug-likeness (QED) is 0.163. The predicted octanol–water partition coefficient (Wildman–Crippen LogP) is 7.81. The number of ether oxygens (including phenoxy) is 1. The summed E-state index contributed by atoms with van der Waals surface area (Å²) in [4.78, 5) is 24.5. The number of hydrogen-bond acceptors (Lipinski definition) is 6. The fourth-order valence-corrected chi connectivity index (χ4v) is 7.54. The Morgan fingerprint density at radius 2 is 1.37 bits per heavy atom. The van der Waals surface area contributed by atoms with Gasteiger partial charge >= 0.3 is 5.97 Å². The molecule has 9 heteroatoms. The fourth-order valence-electron chi connectivity index (χ4n) is 7.54. The maximum absolute atomic E-state index is 12.5. The van der Waals surface area contributed by atoms with Gasteiger partial charge in [-0.25, -0.2) is 14.8 Å². The number of aromatic carboxylic acids is 1. The summed E-state index contributed by atoms with van der Waals surface area (Å²) in [6.07, 6.45) is 5.65. The maximum atomic E-state index is 12.5. The number of para-hydroxylation sites is 1. The number of carboxylic acid groups (broad SMARTS) is 1. The first kappa shape index (κ1) is 31.4. The molecule has 5 aromatic carbocycles. The van der Waals surface area contributed by atoms with Gasteiger partial charge in [-0.1, -0.05) is 109 Å². The van der Waals surface area contributed by atoms with E-state index < -0.39 is 11.5 Å². The Morgan fingerprint density at radius 1 is 0.750 bits per heavy atom. The molecule has 52 heavy (non-hydrogen) atoms. The number of morpholine rings is 1. The van der Waals surface area contributed by atoms with Gasteiger partial charge in [0.25, 0.3) is 0 Å². The SMILES string of the molecule is O=C(O)c1cc(N2CCOCC2)cc2c1ncn2-c1cc(-c2cnn(C(c3ccccc3)(c3ccccc3)c3ccccc3)c2)nc2ccccc12. The molecule has 4 heterocycles. The minimum atomic E-state index is -1.02. The van der Waals surface area contributed by atoms with E-state index in [1.54, 1.807) is 12.4 Å². The van der Waals surface area contributed by atoms with E-state index in [-0.39, 0.29) is 5.56 Å². The molecule has 0 unspecified atom stereocenters. The van der Waals surface area contributed by atoms with Gasteiger partial charge in [0.15, 0.2) is 0 Å². The molecule has 1 aliphatic rings. The van der Waals surface area contributed by atoms with Crippen molar-refractivity contribution in [3.05, 3.63) is 174 Å². The molecule has 0 spiro atoms. The Bertz CT molecular complexity index is 2440. The van der Waals surface area contributed by atoms with Crippen molar-refractivity contribution in [3.63, 3.8) is 0 Å². The number of benzene rings is 5. The molecular weight excluding hydrogens is 649 g/mol. The molecule has 1 N–H and O–H groups in total. The number of hydrogen-bond donors (Lipinski definition) is 1. The predicted molar refractivity (Wildman–Crippen MR) is 202 cm³/mol. The zero-order chi connectivity index (χ0) is 35.1. The highest BCUT2D eigenvalue weighted by Crippen LogP contribution is 2.41. The normalized spacial score (nSPS) is 13.5. The molecule has 3 aromatic heterocycles. The lowest BCUT2D eigenvalue weighted by molar-refractivity contribution is 0.0699. The number of anilines is 1. The van der Waals surface area contributed by atoms with Crippen LogP contribution in [0.3, 0.4) is 0 Å². The van der Waals surface area contributed by atoms with E-state index >= 15 is 0 Å². The lowest BCUT2D eigenvalue weighted by Crippen LogP contribution is -2.38. The van der Waals surface area contributed by atoms with Crippen LogP contribution in [0.25, 0.3) is 38.9 Å². The number of carboxylic acids is 1. The lowest BCUT2D eigenvalue weighted by Gasteiger charge is -2.36. The Hall–Kier alpha value is -6.58. The first-order chi connectivity index (χ1) is 25.6. The van der Waals surface area contributed by atoms with Crippen molar-refractivity contribution in [3.8, 4) is 16.9 Å². The van der Waals surface area contributed by atoms with Crippen molar-refractivity contribution < 1.29 is 14.6 Å². The Balaban J connectivity index is 1.25. The van der Waals surface area contributed by atoms with Crippen molar-refractivity contribution in [1.82, 2.24) is 24.3 Å². The highest BCUT2D eigenvalue weighted by molar-refractivity contribution is 6.04. The number of fused-ring (bicyclic) bond motifs is 2. The summed E-state index contributed by atoms with van der Waals surface area (Å²) in [5.41, 5.74) is 7.78. The van der Waals surface area contributed by atoms with Gasteiger partial charge in [0.2, 0.25) is 0 Å². The number of aromatic nitrogens is 5. The van der Waals surface area contributed by atoms with Crippen LogP contribution in [-0.4, -0.2) is 61.7 Å². The maximum Gasteiger partial charge on any atom is 0.338 e. The van der Waals surface area contributed by atoms with E-state index in [4.69, 9.17) is 14.8 Å². The summed E-state index contributed by atoms with van der Waals surface area (Å²) in [5.74, 6) is -1.02. The highest BCUT2D eigenvalue weighted by atomic mass is 16.5. The molecule has 1 aliphatic heterocycles. The number of rotatable bonds is 8. The number of carbonyl (C=O) groups is 1. The molecule has 0 saturated carbocycles. The summed E-state index contributed by atoms with van der Waals surface area (Å²) < 4.78 is 9.60. The molecule has 254 valence electrons. The fraction of sp³-hybridized carbons (Fsp3) is 0.116. The van der Waals surface area contributed by atoms with Crippen LogP contribution >= 0.6 is 0 Å². The van der Waals surface area contributed by atoms with Gasteiger partial charge in [-0.2, -0.15) is 5.10 Å². The largest absolute Gasteiger partial charge is 0.478 e. The van der Waals surface area contributed by atoms with E-state index in [0.717, 1.165) is 50.2 Å². The summed E-state index contributed by atoms with van der Waals surface area (Å²) in [7, 11) is 0. The average Bonchev–Trinajstić information content (AvgIpc) is 3.88. The molecular formula is C43H34N6O3. The van der Waals surface area contributed by atoms with Crippen molar-refractivity contribution >= 4 is 33.6 Å². The molecule has 0 aliphatic carbocycles. The van der Waals surface area contributed by atoms with Crippen LogP contribution in [0.15, 0.2) is 152 Å². The summed E-state index contributed by atoms with van der Waals surface area (Å²) in [6, 6.07) is 45.1. The van der Waals surface area contributed by atoms with E-state index in [1.807, 2.05) is 70.0 Å². The zero-order valence-electron chi connectivity index (χ0n) is 28.2. The van der Waals surface area contributed by atoms with Crippen LogP contribution < -0.4 is 4.90 Å². The van der Waals surface area contributed by atoms with Crippen LogP contribution in [-0.2, 0) is 10.3 Å². The van der Waals surface area contributed by atoms with Gasteiger partial charge < -0.3 is 14.7 Å². The Morgan fingerprint density at radius 3 is 2.00 bits per heavy atom. The van der Waals surface area contributed by atoms with Gasteiger partial charge in [0.1, 0.15) is 17.4 Å².